The van der Waals surface area contributed by atoms with Crippen molar-refractivity contribution in [3.8, 4) is 5.75 Å². The first-order valence-electron chi connectivity index (χ1n) is 3.56. The van der Waals surface area contributed by atoms with E-state index >= 15 is 0 Å². The van der Waals surface area contributed by atoms with Gasteiger partial charge in [0.25, 0.3) is 0 Å². The smallest absolute Gasteiger partial charge is 0.134 e. The lowest BCUT2D eigenvalue weighted by Gasteiger charge is -2.01. The van der Waals surface area contributed by atoms with Crippen LogP contribution in [0.1, 0.15) is 12.5 Å². The molecule has 1 N–H and O–H groups in total. The molecule has 0 aliphatic carbocycles. The zero-order valence-corrected chi connectivity index (χ0v) is 7.43. The number of halogens is 1. The van der Waals surface area contributed by atoms with Crippen LogP contribution >= 0.6 is 11.6 Å². The number of ketones is 1. The van der Waals surface area contributed by atoms with Gasteiger partial charge in [0.05, 0.1) is 0 Å². The molecule has 0 spiro atoms. The van der Waals surface area contributed by atoms with Crippen molar-refractivity contribution in [2.24, 2.45) is 0 Å². The fraction of sp³-hybridized carbons (Fsp3) is 0.222. The van der Waals surface area contributed by atoms with Gasteiger partial charge in [0.1, 0.15) is 11.5 Å². The molecule has 0 amide bonds. The second kappa shape index (κ2) is 3.59. The molecular weight excluding hydrogens is 176 g/mol. The molecule has 0 aliphatic heterocycles. The summed E-state index contributed by atoms with van der Waals surface area (Å²) in [7, 11) is 0. The van der Waals surface area contributed by atoms with Crippen molar-refractivity contribution in [1.82, 2.24) is 0 Å². The summed E-state index contributed by atoms with van der Waals surface area (Å²) >= 11 is 5.76. The molecule has 12 heavy (non-hydrogen) atoms. The van der Waals surface area contributed by atoms with Crippen LogP contribution in [-0.2, 0) is 11.2 Å². The van der Waals surface area contributed by atoms with Crippen molar-refractivity contribution in [2.75, 3.05) is 0 Å². The number of phenolic OH excluding ortho intramolecular Hbond substituents is 1. The summed E-state index contributed by atoms with van der Waals surface area (Å²) in [6.45, 7) is 1.50. The minimum Gasteiger partial charge on any atom is -0.508 e. The molecule has 64 valence electrons. The molecule has 0 aliphatic rings. The average molecular weight is 185 g/mol. The topological polar surface area (TPSA) is 37.3 Å². The lowest BCUT2D eigenvalue weighted by atomic mass is 10.1. The number of rotatable bonds is 2. The third-order valence-corrected chi connectivity index (χ3v) is 1.83. The minimum atomic E-state index is 0.0580. The number of benzene rings is 1. The molecule has 0 fully saturated rings. The summed E-state index contributed by atoms with van der Waals surface area (Å²) in [4.78, 5) is 10.7. The first-order valence-corrected chi connectivity index (χ1v) is 3.94. The standard InChI is InChI=1S/C9H9ClO2/c1-6(11)4-7-2-3-8(12)5-9(7)10/h2-3,5,12H,4H2,1H3. The molecule has 0 unspecified atom stereocenters. The Morgan fingerprint density at radius 2 is 2.25 bits per heavy atom. The highest BCUT2D eigenvalue weighted by Crippen LogP contribution is 2.21. The summed E-state index contributed by atoms with van der Waals surface area (Å²) < 4.78 is 0. The van der Waals surface area contributed by atoms with Crippen LogP contribution in [0.3, 0.4) is 0 Å². The number of phenols is 1. The zero-order chi connectivity index (χ0) is 9.14. The second-order valence-electron chi connectivity index (χ2n) is 2.65. The largest absolute Gasteiger partial charge is 0.508 e. The van der Waals surface area contributed by atoms with E-state index in [4.69, 9.17) is 16.7 Å². The van der Waals surface area contributed by atoms with Crippen LogP contribution in [0.5, 0.6) is 5.75 Å². The van der Waals surface area contributed by atoms with Crippen molar-refractivity contribution in [1.29, 1.82) is 0 Å². The van der Waals surface area contributed by atoms with Gasteiger partial charge in [-0.3, -0.25) is 4.79 Å². The third-order valence-electron chi connectivity index (χ3n) is 1.48. The van der Waals surface area contributed by atoms with Gasteiger partial charge in [-0.25, -0.2) is 0 Å². The van der Waals surface area contributed by atoms with Crippen LogP contribution in [-0.4, -0.2) is 10.9 Å². The highest BCUT2D eigenvalue weighted by atomic mass is 35.5. The number of hydrogen-bond donors (Lipinski definition) is 1. The Balaban J connectivity index is 2.93. The SMILES string of the molecule is CC(=O)Cc1ccc(O)cc1Cl. The van der Waals surface area contributed by atoms with Crippen molar-refractivity contribution >= 4 is 17.4 Å². The van der Waals surface area contributed by atoms with E-state index in [-0.39, 0.29) is 11.5 Å². The van der Waals surface area contributed by atoms with Crippen LogP contribution in [0.25, 0.3) is 0 Å². The summed E-state index contributed by atoms with van der Waals surface area (Å²) in [5, 5.41) is 9.44. The van der Waals surface area contributed by atoms with Crippen LogP contribution in [0.2, 0.25) is 5.02 Å². The van der Waals surface area contributed by atoms with Crippen LogP contribution in [0, 0.1) is 0 Å². The molecule has 0 heterocycles. The molecule has 1 aromatic carbocycles. The Bertz CT molecular complexity index is 307. The monoisotopic (exact) mass is 184 g/mol. The number of carbonyl (C=O) groups is 1. The lowest BCUT2D eigenvalue weighted by molar-refractivity contribution is -0.116. The van der Waals surface area contributed by atoms with Crippen LogP contribution in [0.15, 0.2) is 18.2 Å². The summed E-state index contributed by atoms with van der Waals surface area (Å²) in [5.41, 5.74) is 0.752. The lowest BCUT2D eigenvalue weighted by Crippen LogP contribution is -1.96. The maximum absolute atomic E-state index is 10.7. The molecule has 0 bridgehead atoms. The first-order chi connectivity index (χ1) is 5.59. The van der Waals surface area contributed by atoms with Gasteiger partial charge in [-0.2, -0.15) is 0 Å². The van der Waals surface area contributed by atoms with Gasteiger partial charge in [-0.1, -0.05) is 17.7 Å². The molecule has 0 radical (unpaired) electrons. The van der Waals surface area contributed by atoms with Gasteiger partial charge in [-0.15, -0.1) is 0 Å². The highest BCUT2D eigenvalue weighted by molar-refractivity contribution is 6.31. The molecule has 0 aromatic heterocycles. The summed E-state index contributed by atoms with van der Waals surface area (Å²) in [6.07, 6.45) is 0.319. The quantitative estimate of drug-likeness (QED) is 0.765. The minimum absolute atomic E-state index is 0.0580. The number of hydrogen-bond acceptors (Lipinski definition) is 2. The van der Waals surface area contributed by atoms with Crippen molar-refractivity contribution in [3.63, 3.8) is 0 Å². The van der Waals surface area contributed by atoms with Crippen LogP contribution in [0.4, 0.5) is 0 Å². The maximum atomic E-state index is 10.7. The van der Waals surface area contributed by atoms with Gasteiger partial charge < -0.3 is 5.11 Å². The van der Waals surface area contributed by atoms with E-state index < -0.39 is 0 Å². The van der Waals surface area contributed by atoms with E-state index in [0.717, 1.165) is 5.56 Å². The molecule has 2 nitrogen and oxygen atoms in total. The number of Topliss-reactive ketones (excluding diaryl/α,β-unsaturated/α-hetero) is 1. The fourth-order valence-corrected chi connectivity index (χ4v) is 1.19. The Hall–Kier alpha value is -1.02. The van der Waals surface area contributed by atoms with Gasteiger partial charge in [0, 0.05) is 11.4 Å². The molecule has 0 atom stereocenters. The zero-order valence-electron chi connectivity index (χ0n) is 6.67. The average Bonchev–Trinajstić information content (AvgIpc) is 1.94. The van der Waals surface area contributed by atoms with E-state index in [1.807, 2.05) is 0 Å². The van der Waals surface area contributed by atoms with Gasteiger partial charge >= 0.3 is 0 Å². The maximum Gasteiger partial charge on any atom is 0.134 e. The Morgan fingerprint density at radius 3 is 2.75 bits per heavy atom. The molecular formula is C9H9ClO2. The molecule has 0 saturated heterocycles. The fourth-order valence-electron chi connectivity index (χ4n) is 0.948. The molecule has 3 heteroatoms. The van der Waals surface area contributed by atoms with Crippen molar-refractivity contribution < 1.29 is 9.90 Å². The Morgan fingerprint density at radius 1 is 1.58 bits per heavy atom. The van der Waals surface area contributed by atoms with E-state index in [1.165, 1.54) is 19.1 Å². The predicted octanol–water partition coefficient (Wildman–Crippen LogP) is 2.18. The van der Waals surface area contributed by atoms with Crippen LogP contribution < -0.4 is 0 Å². The van der Waals surface area contributed by atoms with E-state index in [0.29, 0.717) is 11.4 Å². The summed E-state index contributed by atoms with van der Waals surface area (Å²) in [6, 6.07) is 4.60. The van der Waals surface area contributed by atoms with Crippen molar-refractivity contribution in [3.05, 3.63) is 28.8 Å². The second-order valence-corrected chi connectivity index (χ2v) is 3.06. The molecule has 0 saturated carbocycles. The van der Waals surface area contributed by atoms with E-state index in [9.17, 15) is 4.79 Å². The number of carbonyl (C=O) groups excluding carboxylic acids is 1. The Labute approximate surface area is 75.8 Å². The third kappa shape index (κ3) is 2.24. The molecule has 1 aromatic rings. The summed E-state index contributed by atoms with van der Waals surface area (Å²) in [5.74, 6) is 0.176. The van der Waals surface area contributed by atoms with Gasteiger partial charge in [0.15, 0.2) is 0 Å². The normalized spacial score (nSPS) is 9.83. The van der Waals surface area contributed by atoms with Gasteiger partial charge in [-0.05, 0) is 24.6 Å². The predicted molar refractivity (Wildman–Crippen MR) is 47.5 cm³/mol. The Kier molecular flexibility index (Phi) is 2.71. The van der Waals surface area contributed by atoms with E-state index in [2.05, 4.69) is 0 Å². The first kappa shape index (κ1) is 9.07. The molecule has 1 rings (SSSR count). The van der Waals surface area contributed by atoms with Crippen molar-refractivity contribution in [2.45, 2.75) is 13.3 Å². The van der Waals surface area contributed by atoms with E-state index in [1.54, 1.807) is 6.07 Å². The number of aromatic hydroxyl groups is 1. The highest BCUT2D eigenvalue weighted by Gasteiger charge is 2.03. The van der Waals surface area contributed by atoms with Gasteiger partial charge in [0.2, 0.25) is 0 Å².